The van der Waals surface area contributed by atoms with Gasteiger partial charge in [-0.15, -0.1) is 5.10 Å². The molecule has 0 unspecified atom stereocenters. The molecule has 0 bridgehead atoms. The van der Waals surface area contributed by atoms with E-state index in [9.17, 15) is 13.6 Å². The van der Waals surface area contributed by atoms with Crippen LogP contribution in [0.3, 0.4) is 0 Å². The number of aromatic nitrogens is 4. The van der Waals surface area contributed by atoms with Gasteiger partial charge in [0.05, 0.1) is 24.2 Å². The van der Waals surface area contributed by atoms with Crippen LogP contribution in [-0.4, -0.2) is 32.7 Å². The van der Waals surface area contributed by atoms with Gasteiger partial charge in [-0.3, -0.25) is 0 Å². The van der Waals surface area contributed by atoms with Crippen molar-refractivity contribution in [2.24, 2.45) is 5.73 Å². The molecule has 2 aromatic heterocycles. The minimum Gasteiger partial charge on any atom is -0.492 e. The third-order valence-electron chi connectivity index (χ3n) is 4.64. The van der Waals surface area contributed by atoms with Crippen molar-refractivity contribution in [3.63, 3.8) is 0 Å². The maximum atomic E-state index is 14.3. The SMILES string of the molecule is NC(=O)Oc1ccc2c(c1)OCCc1sc(-n3nncc3-c3ccc(F)cc3F)nc1-2. The Bertz CT molecular complexity index is 1320. The summed E-state index contributed by atoms with van der Waals surface area (Å²) in [6.07, 6.45) is 1.06. The van der Waals surface area contributed by atoms with Crippen molar-refractivity contribution in [3.05, 3.63) is 59.1 Å². The van der Waals surface area contributed by atoms with E-state index in [2.05, 4.69) is 15.3 Å². The van der Waals surface area contributed by atoms with Crippen molar-refractivity contribution in [3.8, 4) is 39.1 Å². The molecule has 0 fully saturated rings. The van der Waals surface area contributed by atoms with Gasteiger partial charge >= 0.3 is 6.09 Å². The molecule has 0 aliphatic carbocycles. The minimum atomic E-state index is -0.919. The first-order valence-corrected chi connectivity index (χ1v) is 9.92. The number of hydrogen-bond donors (Lipinski definition) is 1. The molecule has 2 N–H and O–H groups in total. The summed E-state index contributed by atoms with van der Waals surface area (Å²) in [5, 5.41) is 8.41. The molecule has 3 heterocycles. The zero-order chi connectivity index (χ0) is 21.5. The van der Waals surface area contributed by atoms with Crippen LogP contribution in [0.4, 0.5) is 13.6 Å². The van der Waals surface area contributed by atoms with E-state index >= 15 is 0 Å². The molecule has 0 radical (unpaired) electrons. The Morgan fingerprint density at radius 1 is 1.19 bits per heavy atom. The second-order valence-corrected chi connectivity index (χ2v) is 7.66. The predicted octanol–water partition coefficient (Wildman–Crippen LogP) is 3.73. The third-order valence-corrected chi connectivity index (χ3v) is 5.73. The van der Waals surface area contributed by atoms with Gasteiger partial charge in [0.2, 0.25) is 5.13 Å². The lowest BCUT2D eigenvalue weighted by Gasteiger charge is -2.09. The summed E-state index contributed by atoms with van der Waals surface area (Å²) in [6, 6.07) is 8.21. The quantitative estimate of drug-likeness (QED) is 0.519. The van der Waals surface area contributed by atoms with Crippen molar-refractivity contribution < 1.29 is 23.0 Å². The van der Waals surface area contributed by atoms with Gasteiger partial charge in [0.15, 0.2) is 0 Å². The van der Waals surface area contributed by atoms with Crippen molar-refractivity contribution in [1.82, 2.24) is 20.0 Å². The van der Waals surface area contributed by atoms with E-state index in [1.807, 2.05) is 0 Å². The molecule has 31 heavy (non-hydrogen) atoms. The number of nitrogens with zero attached hydrogens (tertiary/aromatic N) is 4. The van der Waals surface area contributed by atoms with E-state index < -0.39 is 17.7 Å². The highest BCUT2D eigenvalue weighted by molar-refractivity contribution is 7.14. The predicted molar refractivity (Wildman–Crippen MR) is 107 cm³/mol. The van der Waals surface area contributed by atoms with E-state index in [0.29, 0.717) is 40.9 Å². The number of amides is 1. The summed E-state index contributed by atoms with van der Waals surface area (Å²) in [5.74, 6) is -0.631. The fraction of sp³-hybridized carbons (Fsp3) is 0.100. The lowest BCUT2D eigenvalue weighted by atomic mass is 10.1. The standard InChI is InChI=1S/C20H13F2N5O3S/c21-10-1-3-12(14(22)7-10)15-9-24-26-27(15)20-25-18-13-4-2-11(30-19(23)28)8-16(13)29-6-5-17(18)31-20/h1-4,7-9H,5-6H2,(H2,23,28). The number of thiazole rings is 1. The summed E-state index contributed by atoms with van der Waals surface area (Å²) < 4.78 is 39.7. The summed E-state index contributed by atoms with van der Waals surface area (Å²) in [6.45, 7) is 0.387. The number of nitrogens with two attached hydrogens (primary N) is 1. The molecule has 2 aromatic carbocycles. The lowest BCUT2D eigenvalue weighted by molar-refractivity contribution is 0.210. The minimum absolute atomic E-state index is 0.161. The van der Waals surface area contributed by atoms with Gasteiger partial charge in [0, 0.05) is 34.6 Å². The first-order chi connectivity index (χ1) is 15.0. The highest BCUT2D eigenvalue weighted by Gasteiger charge is 2.24. The second kappa shape index (κ2) is 7.43. The van der Waals surface area contributed by atoms with Crippen LogP contribution >= 0.6 is 11.3 Å². The number of carbonyl (C=O) groups excluding carboxylic acids is 1. The molecule has 1 amide bonds. The molecule has 5 rings (SSSR count). The maximum Gasteiger partial charge on any atom is 0.409 e. The molecule has 156 valence electrons. The van der Waals surface area contributed by atoms with Crippen LogP contribution in [0.5, 0.6) is 11.5 Å². The van der Waals surface area contributed by atoms with Gasteiger partial charge in [-0.05, 0) is 24.3 Å². The number of benzene rings is 2. The normalized spacial score (nSPS) is 12.5. The Hall–Kier alpha value is -3.86. The van der Waals surface area contributed by atoms with E-state index in [-0.39, 0.29) is 11.3 Å². The number of carbonyl (C=O) groups is 1. The number of hydrogen-bond acceptors (Lipinski definition) is 7. The van der Waals surface area contributed by atoms with Gasteiger partial charge in [-0.1, -0.05) is 16.6 Å². The molecule has 1 aliphatic rings. The Labute approximate surface area is 177 Å². The fourth-order valence-corrected chi connectivity index (χ4v) is 4.33. The van der Waals surface area contributed by atoms with E-state index in [1.165, 1.54) is 34.3 Å². The largest absolute Gasteiger partial charge is 0.492 e. The van der Waals surface area contributed by atoms with E-state index in [1.54, 1.807) is 18.2 Å². The Morgan fingerprint density at radius 2 is 2.03 bits per heavy atom. The van der Waals surface area contributed by atoms with Crippen molar-refractivity contribution in [2.45, 2.75) is 6.42 Å². The average Bonchev–Trinajstić information content (AvgIpc) is 3.32. The third kappa shape index (κ3) is 3.48. The molecule has 11 heteroatoms. The molecule has 0 spiro atoms. The van der Waals surface area contributed by atoms with Crippen LogP contribution in [-0.2, 0) is 6.42 Å². The molecule has 0 saturated carbocycles. The first kappa shape index (κ1) is 19.1. The van der Waals surface area contributed by atoms with E-state index in [4.69, 9.17) is 15.2 Å². The van der Waals surface area contributed by atoms with Crippen LogP contribution in [0.15, 0.2) is 42.6 Å². The summed E-state index contributed by atoms with van der Waals surface area (Å²) in [4.78, 5) is 16.6. The first-order valence-electron chi connectivity index (χ1n) is 9.10. The number of halogens is 2. The summed E-state index contributed by atoms with van der Waals surface area (Å²) in [7, 11) is 0. The summed E-state index contributed by atoms with van der Waals surface area (Å²) in [5.41, 5.74) is 6.97. The van der Waals surface area contributed by atoms with E-state index in [0.717, 1.165) is 10.9 Å². The number of rotatable bonds is 3. The molecule has 0 atom stereocenters. The Morgan fingerprint density at radius 3 is 2.84 bits per heavy atom. The lowest BCUT2D eigenvalue weighted by Crippen LogP contribution is -2.16. The molecule has 8 nitrogen and oxygen atoms in total. The molecule has 1 aliphatic heterocycles. The fourth-order valence-electron chi connectivity index (χ4n) is 3.32. The maximum absolute atomic E-state index is 14.3. The van der Waals surface area contributed by atoms with Crippen molar-refractivity contribution in [1.29, 1.82) is 0 Å². The topological polar surface area (TPSA) is 105 Å². The van der Waals surface area contributed by atoms with Gasteiger partial charge in [0.25, 0.3) is 0 Å². The Kier molecular flexibility index (Phi) is 4.59. The highest BCUT2D eigenvalue weighted by Crippen LogP contribution is 2.40. The van der Waals surface area contributed by atoms with Gasteiger partial charge < -0.3 is 15.2 Å². The zero-order valence-corrected chi connectivity index (χ0v) is 16.5. The molecule has 4 aromatic rings. The average molecular weight is 441 g/mol. The van der Waals surface area contributed by atoms with Crippen LogP contribution in [0, 0.1) is 11.6 Å². The van der Waals surface area contributed by atoms with Crippen LogP contribution < -0.4 is 15.2 Å². The molecule has 0 saturated heterocycles. The molecular weight excluding hydrogens is 428 g/mol. The smallest absolute Gasteiger partial charge is 0.409 e. The van der Waals surface area contributed by atoms with Crippen molar-refractivity contribution >= 4 is 17.4 Å². The number of fused-ring (bicyclic) bond motifs is 3. The number of ether oxygens (including phenoxy) is 2. The van der Waals surface area contributed by atoms with Crippen molar-refractivity contribution in [2.75, 3.05) is 6.61 Å². The monoisotopic (exact) mass is 441 g/mol. The van der Waals surface area contributed by atoms with Gasteiger partial charge in [0.1, 0.15) is 23.1 Å². The zero-order valence-electron chi connectivity index (χ0n) is 15.7. The van der Waals surface area contributed by atoms with Crippen LogP contribution in [0.1, 0.15) is 4.88 Å². The van der Waals surface area contributed by atoms with Gasteiger partial charge in [-0.2, -0.15) is 4.68 Å². The highest BCUT2D eigenvalue weighted by atomic mass is 32.1. The van der Waals surface area contributed by atoms with Crippen LogP contribution in [0.2, 0.25) is 0 Å². The Balaban J connectivity index is 1.58. The molecular formula is C20H13F2N5O3S. The van der Waals surface area contributed by atoms with Gasteiger partial charge in [-0.25, -0.2) is 18.6 Å². The van der Waals surface area contributed by atoms with Crippen LogP contribution in [0.25, 0.3) is 27.6 Å². The summed E-state index contributed by atoms with van der Waals surface area (Å²) >= 11 is 1.37. The number of primary amides is 1. The second-order valence-electron chi connectivity index (χ2n) is 6.60.